The van der Waals surface area contributed by atoms with Gasteiger partial charge in [-0.25, -0.2) is 0 Å². The predicted molar refractivity (Wildman–Crippen MR) is 265 cm³/mol. The zero-order valence-corrected chi connectivity index (χ0v) is 42.2. The Labute approximate surface area is 389 Å². The minimum absolute atomic E-state index is 0.0258. The third-order valence-electron chi connectivity index (χ3n) is 13.4. The van der Waals surface area contributed by atoms with Gasteiger partial charge in [0.25, 0.3) is 0 Å². The Kier molecular flexibility index (Phi) is 39.7. The van der Waals surface area contributed by atoms with Crippen LogP contribution < -0.4 is 10.6 Å². The molecule has 0 spiro atoms. The van der Waals surface area contributed by atoms with Crippen molar-refractivity contribution in [1.29, 1.82) is 0 Å². The summed E-state index contributed by atoms with van der Waals surface area (Å²) in [7, 11) is 1.71. The molecule has 1 unspecified atom stereocenters. The number of esters is 2. The van der Waals surface area contributed by atoms with Gasteiger partial charge >= 0.3 is 11.9 Å². The highest BCUT2D eigenvalue weighted by atomic mass is 16.5. The van der Waals surface area contributed by atoms with Crippen molar-refractivity contribution in [3.63, 3.8) is 0 Å². The quantitative estimate of drug-likeness (QED) is 0.0405. The first kappa shape index (κ1) is 58.9. The van der Waals surface area contributed by atoms with E-state index >= 15 is 0 Å². The molecule has 9 nitrogen and oxygen atoms in total. The molecule has 0 fully saturated rings. The molecule has 3 N–H and O–H groups in total. The summed E-state index contributed by atoms with van der Waals surface area (Å²) in [5.74, 6) is 1.09. The van der Waals surface area contributed by atoms with E-state index in [0.717, 1.165) is 103 Å². The second-order valence-corrected chi connectivity index (χ2v) is 19.1. The summed E-state index contributed by atoms with van der Waals surface area (Å²) in [5, 5.41) is 16.2. The fourth-order valence-electron chi connectivity index (χ4n) is 9.16. The summed E-state index contributed by atoms with van der Waals surface area (Å²) in [6, 6.07) is 0. The highest BCUT2D eigenvalue weighted by molar-refractivity contribution is 6.07. The molecule has 0 aromatic carbocycles. The molecule has 0 radical (unpaired) electrons. The van der Waals surface area contributed by atoms with Crippen LogP contribution in [0.3, 0.4) is 0 Å². The maximum atomic E-state index is 12.5. The highest BCUT2D eigenvalue weighted by Gasteiger charge is 2.37. The second-order valence-electron chi connectivity index (χ2n) is 19.1. The maximum absolute atomic E-state index is 12.5. The van der Waals surface area contributed by atoms with E-state index in [1.807, 2.05) is 0 Å². The van der Waals surface area contributed by atoms with Gasteiger partial charge in [0, 0.05) is 26.4 Å². The number of hydrogen-bond donors (Lipinski definition) is 3. The van der Waals surface area contributed by atoms with Gasteiger partial charge in [0.2, 0.25) is 5.78 Å². The number of nitrogens with one attached hydrogen (secondary N) is 2. The third-order valence-corrected chi connectivity index (χ3v) is 13.4. The predicted octanol–water partition coefficient (Wildman–Crippen LogP) is 13.3. The van der Waals surface area contributed by atoms with E-state index < -0.39 is 6.10 Å². The molecule has 370 valence electrons. The van der Waals surface area contributed by atoms with Crippen LogP contribution in [0.15, 0.2) is 11.4 Å². The zero-order valence-electron chi connectivity index (χ0n) is 42.2. The van der Waals surface area contributed by atoms with Crippen LogP contribution in [0.5, 0.6) is 0 Å². The molecule has 0 aromatic rings. The summed E-state index contributed by atoms with van der Waals surface area (Å²) >= 11 is 0. The lowest BCUT2D eigenvalue weighted by Gasteiger charge is -2.29. The first-order valence-corrected chi connectivity index (χ1v) is 27.2. The third kappa shape index (κ3) is 32.2. The van der Waals surface area contributed by atoms with E-state index in [-0.39, 0.29) is 17.7 Å². The Hall–Kier alpha value is -2.13. The SMILES string of the molecule is CCCCCCC(CCCCCC)CCOC(=O)CCCCCCCN(CCCCCCCC(=O)OCCC(CCCCCC)CCCCCC)CCCNC1=C(NC)C(=O)C1O. The van der Waals surface area contributed by atoms with Gasteiger partial charge in [-0.15, -0.1) is 0 Å². The lowest BCUT2D eigenvalue weighted by Crippen LogP contribution is -2.47. The van der Waals surface area contributed by atoms with Crippen LogP contribution in [-0.2, 0) is 23.9 Å². The number of rotatable bonds is 48. The highest BCUT2D eigenvalue weighted by Crippen LogP contribution is 2.24. The first-order chi connectivity index (χ1) is 30.8. The Morgan fingerprint density at radius 3 is 1.29 bits per heavy atom. The van der Waals surface area contributed by atoms with E-state index in [9.17, 15) is 19.5 Å². The van der Waals surface area contributed by atoms with Gasteiger partial charge in [-0.05, 0) is 76.4 Å². The van der Waals surface area contributed by atoms with Crippen LogP contribution in [0.2, 0.25) is 0 Å². The van der Waals surface area contributed by atoms with Crippen molar-refractivity contribution in [1.82, 2.24) is 15.5 Å². The number of ketones is 1. The van der Waals surface area contributed by atoms with Gasteiger partial charge < -0.3 is 30.1 Å². The van der Waals surface area contributed by atoms with Gasteiger partial charge in [0.15, 0.2) is 6.10 Å². The standard InChI is InChI=1S/C54H103N3O6/c1-6-10-14-24-33-47(34-25-15-11-7-2)39-45-62-49(58)37-28-20-18-22-30-42-57(44-32-41-56-52-51(55-5)53(60)54(52)61)43-31-23-19-21-29-38-50(59)63-46-40-48(35-26-16-12-8-3)36-27-17-13-9-4/h47-48,54-56,61H,6-46H2,1-5H3. The molecule has 1 atom stereocenters. The Bertz CT molecular complexity index is 1050. The number of carbonyl (C=O) groups is 3. The average Bonchev–Trinajstić information content (AvgIpc) is 3.28. The van der Waals surface area contributed by atoms with Crippen LogP contribution in [0, 0.1) is 11.8 Å². The van der Waals surface area contributed by atoms with Gasteiger partial charge in [-0.3, -0.25) is 14.4 Å². The molecule has 0 bridgehead atoms. The maximum Gasteiger partial charge on any atom is 0.305 e. The number of aliphatic hydroxyl groups excluding tert-OH is 1. The van der Waals surface area contributed by atoms with Crippen molar-refractivity contribution in [2.45, 2.75) is 259 Å². The summed E-state index contributed by atoms with van der Waals surface area (Å²) in [4.78, 5) is 39.5. The minimum Gasteiger partial charge on any atom is -0.466 e. The van der Waals surface area contributed by atoms with E-state index in [4.69, 9.17) is 9.47 Å². The first-order valence-electron chi connectivity index (χ1n) is 27.2. The minimum atomic E-state index is -1.03. The molecule has 1 rings (SSSR count). The van der Waals surface area contributed by atoms with Crippen molar-refractivity contribution in [2.75, 3.05) is 46.4 Å². The van der Waals surface area contributed by atoms with Crippen LogP contribution in [-0.4, -0.2) is 80.3 Å². The number of Topliss-reactive ketones (excluding diaryl/α,β-unsaturated/α-hetero) is 1. The molecule has 0 heterocycles. The number of nitrogens with zero attached hydrogens (tertiary/aromatic N) is 1. The topological polar surface area (TPSA) is 117 Å². The molecular formula is C54H103N3O6. The smallest absolute Gasteiger partial charge is 0.305 e. The number of hydrogen-bond acceptors (Lipinski definition) is 9. The number of carbonyl (C=O) groups excluding carboxylic acids is 3. The van der Waals surface area contributed by atoms with Crippen molar-refractivity contribution >= 4 is 17.7 Å². The van der Waals surface area contributed by atoms with Crippen LogP contribution in [0.25, 0.3) is 0 Å². The Morgan fingerprint density at radius 2 is 0.889 bits per heavy atom. The summed E-state index contributed by atoms with van der Waals surface area (Å²) < 4.78 is 11.4. The van der Waals surface area contributed by atoms with Crippen molar-refractivity contribution in [3.8, 4) is 0 Å². The fourth-order valence-corrected chi connectivity index (χ4v) is 9.16. The molecule has 0 amide bonds. The zero-order chi connectivity index (χ0) is 46.0. The van der Waals surface area contributed by atoms with Crippen molar-refractivity contribution in [2.24, 2.45) is 11.8 Å². The molecule has 1 aliphatic carbocycles. The lowest BCUT2D eigenvalue weighted by molar-refractivity contribution is -0.145. The van der Waals surface area contributed by atoms with E-state index in [2.05, 4.69) is 43.2 Å². The summed E-state index contributed by atoms with van der Waals surface area (Å²) in [6.45, 7) is 14.0. The van der Waals surface area contributed by atoms with E-state index in [0.29, 0.717) is 55.8 Å². The molecule has 0 aromatic heterocycles. The Morgan fingerprint density at radius 1 is 0.524 bits per heavy atom. The van der Waals surface area contributed by atoms with Gasteiger partial charge in [0.1, 0.15) is 5.70 Å². The van der Waals surface area contributed by atoms with Crippen molar-refractivity contribution < 1.29 is 29.0 Å². The lowest BCUT2D eigenvalue weighted by atomic mass is 9.92. The van der Waals surface area contributed by atoms with Gasteiger partial charge in [-0.1, -0.05) is 195 Å². The van der Waals surface area contributed by atoms with Crippen LogP contribution in [0.4, 0.5) is 0 Å². The molecule has 63 heavy (non-hydrogen) atoms. The Balaban J connectivity index is 2.36. The number of likely N-dealkylation sites (N-methyl/N-ethyl adjacent to an activating group) is 1. The summed E-state index contributed by atoms with van der Waals surface area (Å²) in [5.41, 5.74) is 1.10. The van der Waals surface area contributed by atoms with Gasteiger partial charge in [-0.2, -0.15) is 0 Å². The van der Waals surface area contributed by atoms with E-state index in [1.165, 1.54) is 128 Å². The molecule has 9 heteroatoms. The molecule has 1 aliphatic rings. The molecular weight excluding hydrogens is 787 g/mol. The van der Waals surface area contributed by atoms with E-state index in [1.54, 1.807) is 7.05 Å². The number of ether oxygens (including phenoxy) is 2. The number of unbranched alkanes of at least 4 members (excludes halogenated alkanes) is 20. The summed E-state index contributed by atoms with van der Waals surface area (Å²) in [6.07, 6.45) is 39.8. The van der Waals surface area contributed by atoms with Crippen LogP contribution >= 0.6 is 0 Å². The average molecular weight is 890 g/mol. The number of aliphatic hydroxyl groups is 1. The van der Waals surface area contributed by atoms with Crippen molar-refractivity contribution in [3.05, 3.63) is 11.4 Å². The fraction of sp³-hybridized carbons (Fsp3) is 0.907. The monoisotopic (exact) mass is 890 g/mol. The normalized spacial score (nSPS) is 14.0. The van der Waals surface area contributed by atoms with Crippen LogP contribution in [0.1, 0.15) is 252 Å². The molecule has 0 aliphatic heterocycles. The molecule has 0 saturated carbocycles. The molecule has 0 saturated heterocycles. The second kappa shape index (κ2) is 42.5. The largest absolute Gasteiger partial charge is 0.466 e. The van der Waals surface area contributed by atoms with Gasteiger partial charge in [0.05, 0.1) is 18.9 Å².